The fourth-order valence-corrected chi connectivity index (χ4v) is 6.44. The second-order valence-corrected chi connectivity index (χ2v) is 11.2. The Hall–Kier alpha value is -3.12. The predicted molar refractivity (Wildman–Crippen MR) is 151 cm³/mol. The molecule has 4 aliphatic heterocycles. The molecule has 10 nitrogen and oxygen atoms in total. The van der Waals surface area contributed by atoms with Crippen LogP contribution in [0.3, 0.4) is 0 Å². The number of carbonyl (C=O) groups is 2. The molecule has 1 unspecified atom stereocenters. The monoisotopic (exact) mass is 550 g/mol. The van der Waals surface area contributed by atoms with E-state index in [1.807, 2.05) is 30.3 Å². The molecule has 0 aliphatic carbocycles. The first kappa shape index (κ1) is 26.1. The van der Waals surface area contributed by atoms with Crippen molar-refractivity contribution < 1.29 is 19.1 Å². The zero-order valence-electron chi connectivity index (χ0n) is 21.9. The lowest BCUT2D eigenvalue weighted by atomic mass is 10.1. The maximum absolute atomic E-state index is 13.3. The fraction of sp³-hybridized carbons (Fsp3) is 0.464. The summed E-state index contributed by atoms with van der Waals surface area (Å²) < 4.78 is 11.4. The first-order chi connectivity index (χ1) is 19.2. The van der Waals surface area contributed by atoms with Crippen LogP contribution in [0.25, 0.3) is 0 Å². The molecule has 0 bridgehead atoms. The number of amides is 2. The van der Waals surface area contributed by atoms with E-state index in [9.17, 15) is 9.59 Å². The van der Waals surface area contributed by atoms with Gasteiger partial charge in [0.2, 0.25) is 5.91 Å². The number of hydrogen-bond acceptors (Lipinski definition) is 9. The van der Waals surface area contributed by atoms with Gasteiger partial charge in [-0.1, -0.05) is 23.9 Å². The van der Waals surface area contributed by atoms with E-state index in [1.54, 1.807) is 17.3 Å². The van der Waals surface area contributed by atoms with E-state index in [0.29, 0.717) is 30.9 Å². The van der Waals surface area contributed by atoms with Gasteiger partial charge in [0.05, 0.1) is 47.6 Å². The highest BCUT2D eigenvalue weighted by Gasteiger charge is 2.35. The van der Waals surface area contributed by atoms with Crippen molar-refractivity contribution in [3.05, 3.63) is 58.9 Å². The molecule has 2 aromatic rings. The molecule has 4 aliphatic rings. The zero-order valence-corrected chi connectivity index (χ0v) is 22.8. The van der Waals surface area contributed by atoms with Gasteiger partial charge < -0.3 is 25.0 Å². The lowest BCUT2D eigenvalue weighted by Gasteiger charge is -2.31. The third-order valence-corrected chi connectivity index (χ3v) is 8.83. The minimum Gasteiger partial charge on any atom is -0.492 e. The van der Waals surface area contributed by atoms with Crippen LogP contribution >= 0.6 is 11.8 Å². The van der Waals surface area contributed by atoms with Crippen LogP contribution in [0.2, 0.25) is 0 Å². The molecule has 1 aromatic heterocycles. The molecule has 0 radical (unpaired) electrons. The second kappa shape index (κ2) is 12.0. The molecular formula is C28H34N6O4S. The van der Waals surface area contributed by atoms with Crippen LogP contribution in [-0.4, -0.2) is 97.5 Å². The van der Waals surface area contributed by atoms with Gasteiger partial charge in [0.15, 0.2) is 0 Å². The summed E-state index contributed by atoms with van der Waals surface area (Å²) in [5.74, 6) is 0.590. The number of carbonyl (C=O) groups excluding carboxylic acids is 2. The van der Waals surface area contributed by atoms with Crippen LogP contribution in [-0.2, 0) is 16.1 Å². The number of anilines is 2. The Morgan fingerprint density at radius 2 is 2.03 bits per heavy atom. The van der Waals surface area contributed by atoms with Gasteiger partial charge in [0, 0.05) is 57.6 Å². The van der Waals surface area contributed by atoms with E-state index in [4.69, 9.17) is 9.47 Å². The molecule has 0 saturated carbocycles. The minimum atomic E-state index is -0.299. The Morgan fingerprint density at radius 3 is 2.87 bits per heavy atom. The van der Waals surface area contributed by atoms with E-state index in [2.05, 4.69) is 25.4 Å². The molecule has 206 valence electrons. The number of morpholine rings is 1. The highest BCUT2D eigenvalue weighted by Crippen LogP contribution is 2.40. The predicted octanol–water partition coefficient (Wildman–Crippen LogP) is 2.14. The molecule has 1 aromatic carbocycles. The van der Waals surface area contributed by atoms with Gasteiger partial charge in [-0.3, -0.25) is 24.4 Å². The Labute approximate surface area is 232 Å². The Morgan fingerprint density at radius 1 is 1.18 bits per heavy atom. The molecule has 6 rings (SSSR count). The summed E-state index contributed by atoms with van der Waals surface area (Å²) in [7, 11) is 0. The van der Waals surface area contributed by atoms with Crippen LogP contribution in [0, 0.1) is 0 Å². The normalized spacial score (nSPS) is 21.6. The van der Waals surface area contributed by atoms with Crippen LogP contribution < -0.4 is 20.3 Å². The summed E-state index contributed by atoms with van der Waals surface area (Å²) in [4.78, 5) is 37.1. The minimum absolute atomic E-state index is 0.0447. The van der Waals surface area contributed by atoms with Crippen LogP contribution in [0.1, 0.15) is 22.3 Å². The molecule has 2 N–H and O–H groups in total. The maximum Gasteiger partial charge on any atom is 0.259 e. The topological polar surface area (TPSA) is 99.3 Å². The zero-order chi connectivity index (χ0) is 26.6. The van der Waals surface area contributed by atoms with Crippen LogP contribution in [0.5, 0.6) is 5.75 Å². The van der Waals surface area contributed by atoms with E-state index < -0.39 is 0 Å². The number of piperazine rings is 1. The first-order valence-corrected chi connectivity index (χ1v) is 14.5. The molecule has 39 heavy (non-hydrogen) atoms. The van der Waals surface area contributed by atoms with Crippen molar-refractivity contribution in [2.75, 3.05) is 75.9 Å². The summed E-state index contributed by atoms with van der Waals surface area (Å²) in [6, 6.07) is 7.71. The number of allylic oxidation sites excluding steroid dienone is 1. The standard InChI is InChI=1S/C28H34N6O4S/c35-27(31-23-18-30-6-5-24(23)33-9-7-29-8-10-33)25-3-4-26(39-25)34-19-20-1-2-21(17-22(20)28(34)36)38-16-13-32-11-14-37-15-12-32/h1-2,4-6,17-18,25,29H,3,7-16,19H2,(H,31,35). The maximum atomic E-state index is 13.3. The van der Waals surface area contributed by atoms with Crippen molar-refractivity contribution in [2.24, 2.45) is 0 Å². The number of hydrogen-bond donors (Lipinski definition) is 2. The van der Waals surface area contributed by atoms with Crippen molar-refractivity contribution in [3.8, 4) is 5.75 Å². The van der Waals surface area contributed by atoms with Crippen molar-refractivity contribution in [1.82, 2.24) is 20.1 Å². The summed E-state index contributed by atoms with van der Waals surface area (Å²) in [6.45, 7) is 8.88. The smallest absolute Gasteiger partial charge is 0.259 e. The lowest BCUT2D eigenvalue weighted by molar-refractivity contribution is -0.115. The summed E-state index contributed by atoms with van der Waals surface area (Å²) >= 11 is 1.45. The number of fused-ring (bicyclic) bond motifs is 1. The second-order valence-electron chi connectivity index (χ2n) is 10.0. The highest BCUT2D eigenvalue weighted by atomic mass is 32.2. The van der Waals surface area contributed by atoms with Gasteiger partial charge >= 0.3 is 0 Å². The third kappa shape index (κ3) is 5.91. The molecule has 2 saturated heterocycles. The number of nitrogens with one attached hydrogen (secondary N) is 2. The van der Waals surface area contributed by atoms with E-state index >= 15 is 0 Å². The van der Waals surface area contributed by atoms with Gasteiger partial charge in [0.25, 0.3) is 5.91 Å². The first-order valence-electron chi connectivity index (χ1n) is 13.6. The van der Waals surface area contributed by atoms with E-state index in [1.165, 1.54) is 11.8 Å². The van der Waals surface area contributed by atoms with Crippen molar-refractivity contribution >= 4 is 35.0 Å². The lowest BCUT2D eigenvalue weighted by Crippen LogP contribution is -2.44. The quantitative estimate of drug-likeness (QED) is 0.512. The van der Waals surface area contributed by atoms with Crippen molar-refractivity contribution in [1.29, 1.82) is 0 Å². The van der Waals surface area contributed by atoms with Crippen molar-refractivity contribution in [2.45, 2.75) is 18.2 Å². The molecule has 2 amide bonds. The summed E-state index contributed by atoms with van der Waals surface area (Å²) in [5, 5.41) is 6.98. The number of rotatable bonds is 8. The average Bonchev–Trinajstić information content (AvgIpc) is 3.59. The largest absolute Gasteiger partial charge is 0.492 e. The third-order valence-electron chi connectivity index (χ3n) is 7.51. The Kier molecular flexibility index (Phi) is 8.00. The number of aromatic nitrogens is 1. The SMILES string of the molecule is O=C(Nc1cnccc1N1CCNCC1)C1CC=C(N2Cc3ccc(OCCN4CCOCC4)cc3C2=O)S1. The summed E-state index contributed by atoms with van der Waals surface area (Å²) in [6.07, 6.45) is 6.04. The van der Waals surface area contributed by atoms with Gasteiger partial charge in [-0.25, -0.2) is 0 Å². The average molecular weight is 551 g/mol. The number of thioether (sulfide) groups is 1. The summed E-state index contributed by atoms with van der Waals surface area (Å²) in [5.41, 5.74) is 3.36. The number of ether oxygens (including phenoxy) is 2. The van der Waals surface area contributed by atoms with E-state index in [0.717, 1.165) is 81.0 Å². The van der Waals surface area contributed by atoms with Gasteiger partial charge in [0.1, 0.15) is 12.4 Å². The Balaban J connectivity index is 1.04. The van der Waals surface area contributed by atoms with Crippen LogP contribution in [0.15, 0.2) is 47.8 Å². The molecular weight excluding hydrogens is 516 g/mol. The van der Waals surface area contributed by atoms with Gasteiger partial charge in [-0.2, -0.15) is 0 Å². The van der Waals surface area contributed by atoms with Gasteiger partial charge in [-0.05, 0) is 30.2 Å². The molecule has 2 fully saturated rings. The molecule has 11 heteroatoms. The highest BCUT2D eigenvalue weighted by molar-refractivity contribution is 8.04. The number of nitrogens with zero attached hydrogens (tertiary/aromatic N) is 4. The number of benzene rings is 1. The van der Waals surface area contributed by atoms with Crippen LogP contribution in [0.4, 0.5) is 11.4 Å². The number of pyridine rings is 1. The molecule has 1 atom stereocenters. The van der Waals surface area contributed by atoms with E-state index in [-0.39, 0.29) is 17.1 Å². The van der Waals surface area contributed by atoms with Crippen molar-refractivity contribution in [3.63, 3.8) is 0 Å². The van der Waals surface area contributed by atoms with Gasteiger partial charge in [-0.15, -0.1) is 0 Å². The molecule has 5 heterocycles. The molecule has 0 spiro atoms. The Bertz CT molecular complexity index is 1240. The fourth-order valence-electron chi connectivity index (χ4n) is 5.33.